The maximum absolute atomic E-state index is 13.5. The van der Waals surface area contributed by atoms with E-state index in [4.69, 9.17) is 4.42 Å². The molecule has 0 bridgehead atoms. The monoisotopic (exact) mass is 438 g/mol. The third-order valence-corrected chi connectivity index (χ3v) is 6.87. The molecule has 6 heteroatoms. The second kappa shape index (κ2) is 7.30. The maximum atomic E-state index is 13.5. The SMILES string of the molecule is Cc1ccc2c(c1)oc(=O)n2C1CCN(C(=O)c2cccc3c2-c2ccccc2C3=O)CC1. The summed E-state index contributed by atoms with van der Waals surface area (Å²) in [5.74, 6) is -0.457. The predicted molar refractivity (Wildman–Crippen MR) is 125 cm³/mol. The molecule has 6 rings (SSSR count). The van der Waals surface area contributed by atoms with Gasteiger partial charge in [-0.25, -0.2) is 4.79 Å². The molecule has 6 nitrogen and oxygen atoms in total. The molecule has 0 N–H and O–H groups in total. The first-order chi connectivity index (χ1) is 16.0. The Kier molecular flexibility index (Phi) is 4.37. The molecule has 2 aliphatic rings. The minimum Gasteiger partial charge on any atom is -0.408 e. The van der Waals surface area contributed by atoms with E-state index in [0.717, 1.165) is 22.2 Å². The lowest BCUT2D eigenvalue weighted by Gasteiger charge is -2.32. The molecule has 1 fully saturated rings. The van der Waals surface area contributed by atoms with E-state index in [0.29, 0.717) is 48.2 Å². The summed E-state index contributed by atoms with van der Waals surface area (Å²) in [4.78, 5) is 40.7. The molecule has 3 aromatic carbocycles. The molecule has 0 saturated carbocycles. The highest BCUT2D eigenvalue weighted by Crippen LogP contribution is 2.39. The molecule has 0 spiro atoms. The van der Waals surface area contributed by atoms with Gasteiger partial charge in [-0.1, -0.05) is 42.5 Å². The summed E-state index contributed by atoms with van der Waals surface area (Å²) in [5, 5.41) is 0. The van der Waals surface area contributed by atoms with Crippen LogP contribution in [-0.4, -0.2) is 34.2 Å². The van der Waals surface area contributed by atoms with Gasteiger partial charge in [0.05, 0.1) is 5.52 Å². The van der Waals surface area contributed by atoms with Crippen LogP contribution in [0.2, 0.25) is 0 Å². The lowest BCUT2D eigenvalue weighted by molar-refractivity contribution is 0.0694. The number of carbonyl (C=O) groups is 2. The van der Waals surface area contributed by atoms with Crippen molar-refractivity contribution in [1.82, 2.24) is 9.47 Å². The number of amides is 1. The van der Waals surface area contributed by atoms with Gasteiger partial charge in [0.2, 0.25) is 0 Å². The summed E-state index contributed by atoms with van der Waals surface area (Å²) >= 11 is 0. The number of ketones is 1. The lowest BCUT2D eigenvalue weighted by atomic mass is 9.97. The zero-order valence-electron chi connectivity index (χ0n) is 18.2. The van der Waals surface area contributed by atoms with Crippen molar-refractivity contribution in [2.75, 3.05) is 13.1 Å². The molecule has 1 aromatic heterocycles. The van der Waals surface area contributed by atoms with Gasteiger partial charge in [-0.2, -0.15) is 0 Å². The summed E-state index contributed by atoms with van der Waals surface area (Å²) in [6.45, 7) is 3.04. The van der Waals surface area contributed by atoms with Crippen molar-refractivity contribution in [3.63, 3.8) is 0 Å². The van der Waals surface area contributed by atoms with E-state index < -0.39 is 0 Å². The van der Waals surface area contributed by atoms with E-state index in [1.165, 1.54) is 0 Å². The van der Waals surface area contributed by atoms with Gasteiger partial charge in [-0.05, 0) is 49.1 Å². The van der Waals surface area contributed by atoms with E-state index in [1.54, 1.807) is 22.8 Å². The van der Waals surface area contributed by atoms with Crippen LogP contribution < -0.4 is 5.76 Å². The predicted octanol–water partition coefficient (Wildman–Crippen LogP) is 4.59. The molecule has 0 radical (unpaired) electrons. The third kappa shape index (κ3) is 2.98. The molecule has 4 aromatic rings. The number of oxazole rings is 1. The minimum atomic E-state index is -0.351. The van der Waals surface area contributed by atoms with E-state index in [2.05, 4.69) is 0 Å². The number of aromatic nitrogens is 1. The Morgan fingerprint density at radius 1 is 0.909 bits per heavy atom. The van der Waals surface area contributed by atoms with Crippen LogP contribution in [0.25, 0.3) is 22.2 Å². The highest BCUT2D eigenvalue weighted by molar-refractivity contribution is 6.24. The number of rotatable bonds is 2. The van der Waals surface area contributed by atoms with Crippen LogP contribution in [0.1, 0.15) is 50.7 Å². The van der Waals surface area contributed by atoms with Crippen LogP contribution in [0.3, 0.4) is 0 Å². The Morgan fingerprint density at radius 3 is 2.42 bits per heavy atom. The Hall–Kier alpha value is -3.93. The molecular weight excluding hydrogens is 416 g/mol. The van der Waals surface area contributed by atoms with Gasteiger partial charge in [0, 0.05) is 41.4 Å². The quantitative estimate of drug-likeness (QED) is 0.404. The Morgan fingerprint density at radius 2 is 1.64 bits per heavy atom. The van der Waals surface area contributed by atoms with Crippen molar-refractivity contribution in [3.8, 4) is 11.1 Å². The molecule has 1 aliphatic heterocycles. The summed E-state index contributed by atoms with van der Waals surface area (Å²) in [7, 11) is 0. The Bertz CT molecular complexity index is 1500. The summed E-state index contributed by atoms with van der Waals surface area (Å²) in [6.07, 6.45) is 1.33. The zero-order valence-corrected chi connectivity index (χ0v) is 18.2. The van der Waals surface area contributed by atoms with Crippen LogP contribution >= 0.6 is 0 Å². The minimum absolute atomic E-state index is 0.0192. The second-order valence-corrected chi connectivity index (χ2v) is 8.84. The van der Waals surface area contributed by atoms with Gasteiger partial charge in [-0.15, -0.1) is 0 Å². The molecule has 164 valence electrons. The standard InChI is InChI=1S/C27H22N2O4/c1-16-9-10-22-23(15-16)33-27(32)29(22)17-11-13-28(14-12-17)26(31)21-8-4-7-20-24(21)18-5-2-3-6-19(18)25(20)30/h2-10,15,17H,11-14H2,1H3. The first-order valence-corrected chi connectivity index (χ1v) is 11.2. The van der Waals surface area contributed by atoms with Gasteiger partial charge in [0.1, 0.15) is 0 Å². The van der Waals surface area contributed by atoms with Gasteiger partial charge < -0.3 is 9.32 Å². The van der Waals surface area contributed by atoms with E-state index >= 15 is 0 Å². The molecule has 1 amide bonds. The van der Waals surface area contributed by atoms with Crippen LogP contribution in [-0.2, 0) is 0 Å². The largest absolute Gasteiger partial charge is 0.420 e. The number of benzene rings is 3. The fourth-order valence-electron chi connectivity index (χ4n) is 5.24. The first kappa shape index (κ1) is 19.7. The summed E-state index contributed by atoms with van der Waals surface area (Å²) < 4.78 is 7.19. The van der Waals surface area contributed by atoms with Crippen LogP contribution in [0.5, 0.6) is 0 Å². The number of hydrogen-bond donors (Lipinski definition) is 0. The molecule has 1 saturated heterocycles. The number of fused-ring (bicyclic) bond motifs is 4. The number of carbonyl (C=O) groups excluding carboxylic acids is 2. The summed E-state index contributed by atoms with van der Waals surface area (Å²) in [6, 6.07) is 18.6. The maximum Gasteiger partial charge on any atom is 0.420 e. The smallest absolute Gasteiger partial charge is 0.408 e. The lowest BCUT2D eigenvalue weighted by Crippen LogP contribution is -2.40. The van der Waals surface area contributed by atoms with E-state index in [1.807, 2.05) is 54.3 Å². The van der Waals surface area contributed by atoms with Crippen LogP contribution in [0, 0.1) is 6.92 Å². The van der Waals surface area contributed by atoms with Gasteiger partial charge in [0.15, 0.2) is 11.4 Å². The number of nitrogens with zero attached hydrogens (tertiary/aromatic N) is 2. The Balaban J connectivity index is 1.28. The van der Waals surface area contributed by atoms with Crippen molar-refractivity contribution in [1.29, 1.82) is 0 Å². The van der Waals surface area contributed by atoms with Crippen LogP contribution in [0.15, 0.2) is 69.9 Å². The average Bonchev–Trinajstić information content (AvgIpc) is 3.32. The molecule has 1 aliphatic carbocycles. The topological polar surface area (TPSA) is 72.5 Å². The highest BCUT2D eigenvalue weighted by atomic mass is 16.4. The van der Waals surface area contributed by atoms with Gasteiger partial charge >= 0.3 is 5.76 Å². The molecular formula is C27H22N2O4. The number of hydrogen-bond acceptors (Lipinski definition) is 4. The Labute approximate surface area is 190 Å². The average molecular weight is 438 g/mol. The van der Waals surface area contributed by atoms with Crippen molar-refractivity contribution < 1.29 is 14.0 Å². The number of piperidine rings is 1. The fraction of sp³-hybridized carbons (Fsp3) is 0.222. The van der Waals surface area contributed by atoms with Crippen molar-refractivity contribution in [2.45, 2.75) is 25.8 Å². The van der Waals surface area contributed by atoms with E-state index in [9.17, 15) is 14.4 Å². The van der Waals surface area contributed by atoms with Crippen LogP contribution in [0.4, 0.5) is 0 Å². The molecule has 0 unspecified atom stereocenters. The van der Waals surface area contributed by atoms with Gasteiger partial charge in [0.25, 0.3) is 5.91 Å². The van der Waals surface area contributed by atoms with E-state index in [-0.39, 0.29) is 23.5 Å². The third-order valence-electron chi connectivity index (χ3n) is 6.87. The second-order valence-electron chi connectivity index (χ2n) is 8.84. The van der Waals surface area contributed by atoms with Crippen molar-refractivity contribution in [3.05, 3.63) is 93.5 Å². The van der Waals surface area contributed by atoms with Crippen molar-refractivity contribution in [2.24, 2.45) is 0 Å². The highest BCUT2D eigenvalue weighted by Gasteiger charge is 2.33. The summed E-state index contributed by atoms with van der Waals surface area (Å²) in [5.41, 5.74) is 5.79. The van der Waals surface area contributed by atoms with Crippen molar-refractivity contribution >= 4 is 22.8 Å². The normalized spacial score (nSPS) is 15.7. The molecule has 33 heavy (non-hydrogen) atoms. The molecule has 2 heterocycles. The number of aryl methyl sites for hydroxylation is 1. The zero-order chi connectivity index (χ0) is 22.7. The fourth-order valence-corrected chi connectivity index (χ4v) is 5.24. The number of likely N-dealkylation sites (tertiary alicyclic amines) is 1. The molecule has 0 atom stereocenters. The van der Waals surface area contributed by atoms with Gasteiger partial charge in [-0.3, -0.25) is 14.2 Å². The first-order valence-electron chi connectivity index (χ1n) is 11.2.